The molecule has 1 fully saturated rings. The summed E-state index contributed by atoms with van der Waals surface area (Å²) in [7, 11) is 3.83. The highest BCUT2D eigenvalue weighted by atomic mass is 79.9. The van der Waals surface area contributed by atoms with Gasteiger partial charge < -0.3 is 10.2 Å². The van der Waals surface area contributed by atoms with E-state index in [1.54, 1.807) is 6.08 Å². The first-order valence-electron chi connectivity index (χ1n) is 8.63. The average Bonchev–Trinajstić information content (AvgIpc) is 2.92. The van der Waals surface area contributed by atoms with Gasteiger partial charge in [0.15, 0.2) is 0 Å². The maximum Gasteiger partial charge on any atom is 0.294 e. The van der Waals surface area contributed by atoms with E-state index in [4.69, 9.17) is 11.6 Å². The lowest BCUT2D eigenvalue weighted by atomic mass is 10.2. The van der Waals surface area contributed by atoms with Gasteiger partial charge in [-0.15, -0.1) is 0 Å². The van der Waals surface area contributed by atoms with Crippen molar-refractivity contribution in [3.8, 4) is 0 Å². The summed E-state index contributed by atoms with van der Waals surface area (Å²) in [5.41, 5.74) is 1.97. The minimum Gasteiger partial charge on any atom is -0.377 e. The lowest BCUT2D eigenvalue weighted by Gasteiger charge is -2.14. The summed E-state index contributed by atoms with van der Waals surface area (Å²) in [6.45, 7) is -0.458. The molecule has 3 rings (SSSR count). The highest BCUT2D eigenvalue weighted by Gasteiger charge is 2.36. The van der Waals surface area contributed by atoms with Crippen LogP contribution in [0, 0.1) is 5.82 Å². The predicted octanol–water partition coefficient (Wildman–Crippen LogP) is 4.98. The summed E-state index contributed by atoms with van der Waals surface area (Å²) in [6.07, 6.45) is 1.60. The molecular formula is C20H16BrClFN3O3S. The van der Waals surface area contributed by atoms with Gasteiger partial charge in [-0.25, -0.2) is 4.39 Å². The largest absolute Gasteiger partial charge is 0.377 e. The van der Waals surface area contributed by atoms with Gasteiger partial charge in [-0.05, 0) is 69.7 Å². The van der Waals surface area contributed by atoms with Gasteiger partial charge in [-0.1, -0.05) is 17.7 Å². The maximum atomic E-state index is 13.2. The Bertz CT molecular complexity index is 1080. The molecule has 6 nitrogen and oxygen atoms in total. The van der Waals surface area contributed by atoms with Crippen LogP contribution in [0.15, 0.2) is 45.8 Å². The van der Waals surface area contributed by atoms with E-state index in [-0.39, 0.29) is 15.6 Å². The number of carbonyl (C=O) groups excluding carboxylic acids is 3. The molecule has 156 valence electrons. The molecule has 1 N–H and O–H groups in total. The van der Waals surface area contributed by atoms with Gasteiger partial charge in [-0.2, -0.15) is 0 Å². The quantitative estimate of drug-likeness (QED) is 0.572. The van der Waals surface area contributed by atoms with E-state index in [1.165, 1.54) is 12.1 Å². The third-order valence-corrected chi connectivity index (χ3v) is 5.96. The second kappa shape index (κ2) is 9.20. The Balaban J connectivity index is 1.71. The number of hydrogen-bond donors (Lipinski definition) is 1. The van der Waals surface area contributed by atoms with Crippen molar-refractivity contribution in [3.05, 3.63) is 62.2 Å². The van der Waals surface area contributed by atoms with Crippen molar-refractivity contribution >= 4 is 73.8 Å². The van der Waals surface area contributed by atoms with Crippen LogP contribution in [-0.2, 0) is 9.59 Å². The van der Waals surface area contributed by atoms with Gasteiger partial charge in [0.2, 0.25) is 5.91 Å². The minimum atomic E-state index is -0.615. The number of anilines is 2. The van der Waals surface area contributed by atoms with Crippen molar-refractivity contribution in [1.29, 1.82) is 0 Å². The van der Waals surface area contributed by atoms with Crippen LogP contribution in [0.4, 0.5) is 20.6 Å². The zero-order valence-electron chi connectivity index (χ0n) is 15.9. The third-order valence-electron chi connectivity index (χ3n) is 4.13. The molecule has 1 aliphatic heterocycles. The number of carbonyl (C=O) groups is 3. The number of hydrogen-bond acceptors (Lipinski definition) is 5. The highest BCUT2D eigenvalue weighted by Crippen LogP contribution is 2.33. The van der Waals surface area contributed by atoms with Crippen LogP contribution in [0.5, 0.6) is 0 Å². The molecule has 0 saturated carbocycles. The fraction of sp³-hybridized carbons (Fsp3) is 0.150. The molecule has 0 aliphatic carbocycles. The molecular weight excluding hydrogens is 497 g/mol. The summed E-state index contributed by atoms with van der Waals surface area (Å²) >= 11 is 9.94. The second-order valence-corrected chi connectivity index (χ2v) is 8.80. The van der Waals surface area contributed by atoms with Gasteiger partial charge in [0.1, 0.15) is 12.4 Å². The van der Waals surface area contributed by atoms with Crippen LogP contribution < -0.4 is 10.2 Å². The molecule has 1 saturated heterocycles. The fourth-order valence-corrected chi connectivity index (χ4v) is 4.45. The van der Waals surface area contributed by atoms with E-state index >= 15 is 0 Å². The molecule has 0 radical (unpaired) electrons. The Hall–Kier alpha value is -2.36. The average molecular weight is 513 g/mol. The molecule has 0 atom stereocenters. The topological polar surface area (TPSA) is 69.7 Å². The summed E-state index contributed by atoms with van der Waals surface area (Å²) < 4.78 is 14.1. The van der Waals surface area contributed by atoms with Crippen molar-refractivity contribution in [2.45, 2.75) is 0 Å². The van der Waals surface area contributed by atoms with Crippen molar-refractivity contribution in [1.82, 2.24) is 4.90 Å². The van der Waals surface area contributed by atoms with Crippen molar-refractivity contribution in [3.63, 3.8) is 0 Å². The Labute approximate surface area is 190 Å². The normalized spacial score (nSPS) is 15.1. The summed E-state index contributed by atoms with van der Waals surface area (Å²) in [5, 5.41) is 1.81. The molecule has 2 aromatic carbocycles. The van der Waals surface area contributed by atoms with E-state index in [0.29, 0.717) is 0 Å². The van der Waals surface area contributed by atoms with Crippen LogP contribution in [0.2, 0.25) is 5.02 Å². The number of thioether (sulfide) groups is 1. The summed E-state index contributed by atoms with van der Waals surface area (Å²) in [4.78, 5) is 40.1. The number of benzene rings is 2. The zero-order valence-corrected chi connectivity index (χ0v) is 19.1. The first-order chi connectivity index (χ1) is 14.2. The Morgan fingerprint density at radius 2 is 2.00 bits per heavy atom. The Morgan fingerprint density at radius 3 is 2.63 bits per heavy atom. The standard InChI is InChI=1S/C20H16BrClFN3O3S/c1-25(2)16-6-3-11(7-13(16)21)8-17-19(28)26(20(29)30-17)10-18(27)24-12-4-5-15(23)14(22)9-12/h3-9H,10H2,1-2H3,(H,24,27)/b17-8-. The van der Waals surface area contributed by atoms with E-state index in [1.807, 2.05) is 37.2 Å². The molecule has 0 spiro atoms. The van der Waals surface area contributed by atoms with Gasteiger partial charge in [-0.3, -0.25) is 19.3 Å². The second-order valence-electron chi connectivity index (χ2n) is 6.55. The first-order valence-corrected chi connectivity index (χ1v) is 10.6. The maximum absolute atomic E-state index is 13.2. The third kappa shape index (κ3) is 5.03. The van der Waals surface area contributed by atoms with Crippen molar-refractivity contribution in [2.24, 2.45) is 0 Å². The highest BCUT2D eigenvalue weighted by molar-refractivity contribution is 9.10. The fourth-order valence-electron chi connectivity index (χ4n) is 2.68. The van der Waals surface area contributed by atoms with E-state index in [2.05, 4.69) is 21.2 Å². The van der Waals surface area contributed by atoms with E-state index in [0.717, 1.165) is 38.5 Å². The lowest BCUT2D eigenvalue weighted by molar-refractivity contribution is -0.127. The number of rotatable bonds is 5. The van der Waals surface area contributed by atoms with Crippen molar-refractivity contribution < 1.29 is 18.8 Å². The van der Waals surface area contributed by atoms with Crippen LogP contribution in [-0.4, -0.2) is 42.6 Å². The first kappa shape index (κ1) is 22.3. The Kier molecular flexibility index (Phi) is 6.84. The zero-order chi connectivity index (χ0) is 22.0. The van der Waals surface area contributed by atoms with E-state index < -0.39 is 29.4 Å². The smallest absolute Gasteiger partial charge is 0.294 e. The summed E-state index contributed by atoms with van der Waals surface area (Å²) in [5.74, 6) is -1.76. The molecule has 1 aliphatic rings. The minimum absolute atomic E-state index is 0.145. The van der Waals surface area contributed by atoms with Crippen molar-refractivity contribution in [2.75, 3.05) is 30.9 Å². The number of imide groups is 1. The Morgan fingerprint density at radius 1 is 1.27 bits per heavy atom. The van der Waals surface area contributed by atoms with Crippen LogP contribution in [0.1, 0.15) is 5.56 Å². The molecule has 3 amide bonds. The SMILES string of the molecule is CN(C)c1ccc(/C=C2\SC(=O)N(CC(=O)Nc3ccc(F)c(Cl)c3)C2=O)cc1Br. The number of amides is 3. The molecule has 30 heavy (non-hydrogen) atoms. The van der Waals surface area contributed by atoms with Crippen LogP contribution >= 0.6 is 39.3 Å². The van der Waals surface area contributed by atoms with Gasteiger partial charge in [0, 0.05) is 24.3 Å². The number of halogens is 3. The molecule has 2 aromatic rings. The van der Waals surface area contributed by atoms with Crippen LogP contribution in [0.3, 0.4) is 0 Å². The van der Waals surface area contributed by atoms with Crippen LogP contribution in [0.25, 0.3) is 6.08 Å². The molecule has 0 unspecified atom stereocenters. The number of nitrogens with one attached hydrogen (secondary N) is 1. The predicted molar refractivity (Wildman–Crippen MR) is 121 cm³/mol. The molecule has 0 aromatic heterocycles. The van der Waals surface area contributed by atoms with E-state index in [9.17, 15) is 18.8 Å². The molecule has 10 heteroatoms. The molecule has 0 bridgehead atoms. The van der Waals surface area contributed by atoms with Gasteiger partial charge >= 0.3 is 0 Å². The number of nitrogens with zero attached hydrogens (tertiary/aromatic N) is 2. The lowest BCUT2D eigenvalue weighted by Crippen LogP contribution is -2.36. The van der Waals surface area contributed by atoms with Gasteiger partial charge in [0.05, 0.1) is 15.6 Å². The van der Waals surface area contributed by atoms with Gasteiger partial charge in [0.25, 0.3) is 11.1 Å². The molecule has 1 heterocycles. The monoisotopic (exact) mass is 511 g/mol. The summed E-state index contributed by atoms with van der Waals surface area (Å²) in [6, 6.07) is 9.26.